The Bertz CT molecular complexity index is 3200. The van der Waals surface area contributed by atoms with E-state index in [1.54, 1.807) is 6.07 Å². The second-order valence-corrected chi connectivity index (χ2v) is 20.2. The number of furan rings is 1. The number of para-hydroxylation sites is 1. The van der Waals surface area contributed by atoms with Crippen LogP contribution in [0.4, 0.5) is 0 Å². The molecule has 0 fully saturated rings. The van der Waals surface area contributed by atoms with Gasteiger partial charge in [-0.15, -0.1) is 0 Å². The van der Waals surface area contributed by atoms with E-state index in [1.807, 2.05) is 24.3 Å². The fourth-order valence-electron chi connectivity index (χ4n) is 9.79. The normalized spacial score (nSPS) is 15.5. The van der Waals surface area contributed by atoms with Gasteiger partial charge in [-0.05, 0) is 152 Å². The minimum atomic E-state index is -3.79. The number of hydrogen-bond acceptors (Lipinski definition) is 3. The van der Waals surface area contributed by atoms with Crippen LogP contribution in [-0.2, 0) is 20.7 Å². The van der Waals surface area contributed by atoms with Crippen molar-refractivity contribution in [2.24, 2.45) is 0 Å². The van der Waals surface area contributed by atoms with Crippen LogP contribution >= 0.6 is 0 Å². The van der Waals surface area contributed by atoms with Gasteiger partial charge in [0.25, 0.3) is 0 Å². The minimum Gasteiger partial charge on any atom is -0.455 e. The topological polar surface area (TPSA) is 47.3 Å². The molecule has 4 heteroatoms. The fraction of sp³-hybridized carbons (Fsp3) is 0.231. The predicted molar refractivity (Wildman–Crippen MR) is 231 cm³/mol. The van der Waals surface area contributed by atoms with Gasteiger partial charge >= 0.3 is 0 Å². The van der Waals surface area contributed by atoms with Crippen molar-refractivity contribution >= 4 is 48.3 Å². The molecule has 1 aromatic heterocycles. The Morgan fingerprint density at radius 2 is 1.00 bits per heavy atom. The third kappa shape index (κ3) is 4.72. The maximum absolute atomic E-state index is 14.7. The number of rotatable bonds is 2. The molecular formula is C52H46O3S. The molecule has 0 radical (unpaired) electrons. The first-order chi connectivity index (χ1) is 26.4. The molecule has 0 spiro atoms. The van der Waals surface area contributed by atoms with Crippen molar-refractivity contribution in [2.75, 3.05) is 0 Å². The summed E-state index contributed by atoms with van der Waals surface area (Å²) in [5, 5.41) is 5.36. The highest BCUT2D eigenvalue weighted by Crippen LogP contribution is 2.52. The van der Waals surface area contributed by atoms with Gasteiger partial charge in [-0.25, -0.2) is 8.42 Å². The monoisotopic (exact) mass is 750 g/mol. The predicted octanol–water partition coefficient (Wildman–Crippen LogP) is 11.4. The first-order valence-electron chi connectivity index (χ1n) is 19.7. The van der Waals surface area contributed by atoms with Crippen molar-refractivity contribution < 1.29 is 12.8 Å². The van der Waals surface area contributed by atoms with Crippen LogP contribution in [0.5, 0.6) is 0 Å². The van der Waals surface area contributed by atoms with Crippen molar-refractivity contribution in [1.82, 2.24) is 0 Å². The second kappa shape index (κ2) is 11.3. The van der Waals surface area contributed by atoms with E-state index in [2.05, 4.69) is 136 Å². The molecule has 56 heavy (non-hydrogen) atoms. The third-order valence-electron chi connectivity index (χ3n) is 12.5. The Kier molecular flexibility index (Phi) is 7.08. The van der Waals surface area contributed by atoms with Crippen LogP contribution in [-0.4, -0.2) is 8.42 Å². The molecule has 0 saturated carbocycles. The summed E-state index contributed by atoms with van der Waals surface area (Å²) in [4.78, 5) is 0.826. The Morgan fingerprint density at radius 3 is 1.59 bits per heavy atom. The fourth-order valence-corrected chi connectivity index (χ4v) is 11.7. The van der Waals surface area contributed by atoms with Crippen LogP contribution < -0.4 is 10.4 Å². The van der Waals surface area contributed by atoms with Gasteiger partial charge < -0.3 is 4.42 Å². The molecule has 2 heterocycles. The molecule has 1 aliphatic heterocycles. The summed E-state index contributed by atoms with van der Waals surface area (Å²) in [7, 11) is -3.79. The summed E-state index contributed by atoms with van der Waals surface area (Å²) >= 11 is 0. The zero-order chi connectivity index (χ0) is 39.4. The standard InChI is InChI=1S/C52H46O3S/c1-27-19-33(51(5,6)7)20-28(2)43(27)47-39-25-32-24-38-40(26-31(32)23-37(39)45-35-15-11-13-17-41(35)55-49(45)47)48(44-29(3)21-34(22-30(44)4)52(8,9)10)50-46(38)36-16-12-14-18-42(36)56(50,53)54/h11-26H,1-10H3. The zero-order valence-corrected chi connectivity index (χ0v) is 34.7. The lowest BCUT2D eigenvalue weighted by molar-refractivity contribution is 0.588. The molecular weight excluding hydrogens is 705 g/mol. The molecule has 6 aromatic carbocycles. The first-order valence-corrected chi connectivity index (χ1v) is 21.2. The van der Waals surface area contributed by atoms with Gasteiger partial charge in [-0.1, -0.05) is 102 Å². The number of hydrogen-bond donors (Lipinski definition) is 0. The van der Waals surface area contributed by atoms with Crippen molar-refractivity contribution in [2.45, 2.75) is 85.0 Å². The lowest BCUT2D eigenvalue weighted by Gasteiger charge is -2.23. The van der Waals surface area contributed by atoms with Crippen LogP contribution in [0.3, 0.4) is 0 Å². The van der Waals surface area contributed by atoms with Crippen LogP contribution in [0.1, 0.15) is 103 Å². The Labute approximate surface area is 329 Å². The van der Waals surface area contributed by atoms with Crippen LogP contribution in [0.2, 0.25) is 0 Å². The molecule has 7 aromatic rings. The van der Waals surface area contributed by atoms with Crippen molar-refractivity contribution in [3.05, 3.63) is 174 Å². The molecule has 2 aliphatic carbocycles. The van der Waals surface area contributed by atoms with Gasteiger partial charge in [0, 0.05) is 33.2 Å². The van der Waals surface area contributed by atoms with Gasteiger partial charge in [0.2, 0.25) is 9.84 Å². The first kappa shape index (κ1) is 35.0. The Balaban J connectivity index is 1.33. The van der Waals surface area contributed by atoms with E-state index in [0.29, 0.717) is 9.80 Å². The van der Waals surface area contributed by atoms with E-state index in [4.69, 9.17) is 4.42 Å². The summed E-state index contributed by atoms with van der Waals surface area (Å²) in [5.74, 6) is 0.914. The second-order valence-electron chi connectivity index (χ2n) is 18.4. The number of aryl methyl sites for hydroxylation is 4. The molecule has 0 atom stereocenters. The summed E-state index contributed by atoms with van der Waals surface area (Å²) in [6.07, 6.45) is 0. The highest BCUT2D eigenvalue weighted by molar-refractivity contribution is 7.96. The van der Waals surface area contributed by atoms with Gasteiger partial charge in [0.05, 0.1) is 9.80 Å². The molecule has 0 unspecified atom stereocenters. The zero-order valence-electron chi connectivity index (χ0n) is 33.9. The Morgan fingerprint density at radius 1 is 0.500 bits per heavy atom. The lowest BCUT2D eigenvalue weighted by atomic mass is 9.82. The Hall–Kier alpha value is -5.45. The van der Waals surface area contributed by atoms with Crippen LogP contribution in [0.25, 0.3) is 49.6 Å². The summed E-state index contributed by atoms with van der Waals surface area (Å²) in [5.41, 5.74) is 17.0. The lowest BCUT2D eigenvalue weighted by Crippen LogP contribution is -2.17. The highest BCUT2D eigenvalue weighted by atomic mass is 32.2. The largest absolute Gasteiger partial charge is 0.455 e. The van der Waals surface area contributed by atoms with Gasteiger partial charge in [-0.2, -0.15) is 0 Å². The van der Waals surface area contributed by atoms with Gasteiger partial charge in [-0.3, -0.25) is 0 Å². The molecule has 0 N–H and O–H groups in total. The number of sulfone groups is 1. The van der Waals surface area contributed by atoms with Crippen LogP contribution in [0, 0.1) is 27.7 Å². The molecule has 3 aliphatic rings. The van der Waals surface area contributed by atoms with E-state index in [9.17, 15) is 8.42 Å². The summed E-state index contributed by atoms with van der Waals surface area (Å²) in [6, 6.07) is 34.2. The van der Waals surface area contributed by atoms with E-state index in [1.165, 1.54) is 27.8 Å². The molecule has 0 bridgehead atoms. The summed E-state index contributed by atoms with van der Waals surface area (Å²) in [6.45, 7) is 22.2. The average Bonchev–Trinajstić information content (AvgIpc) is 3.81. The van der Waals surface area contributed by atoms with Crippen molar-refractivity contribution in [3.8, 4) is 11.1 Å². The molecule has 3 nitrogen and oxygen atoms in total. The van der Waals surface area contributed by atoms with Crippen LogP contribution in [0.15, 0.2) is 111 Å². The smallest absolute Gasteiger partial charge is 0.208 e. The molecule has 10 rings (SSSR count). The maximum atomic E-state index is 14.7. The third-order valence-corrected chi connectivity index (χ3v) is 14.4. The summed E-state index contributed by atoms with van der Waals surface area (Å²) < 4.78 is 36.2. The van der Waals surface area contributed by atoms with Gasteiger partial charge in [0.1, 0.15) is 11.3 Å². The van der Waals surface area contributed by atoms with Gasteiger partial charge in [0.15, 0.2) is 0 Å². The number of allylic oxidation sites excluding steroid dienone is 1. The van der Waals surface area contributed by atoms with E-state index in [-0.39, 0.29) is 10.8 Å². The van der Waals surface area contributed by atoms with E-state index in [0.717, 1.165) is 93.6 Å². The van der Waals surface area contributed by atoms with E-state index < -0.39 is 9.84 Å². The minimum absolute atomic E-state index is 0.0227. The molecule has 0 saturated heterocycles. The SMILES string of the molecule is Cc1cc(C(C)(C)C)cc(C)c1C1=c2cc3cc4c(cc3cc2C2=C1S(=O)(=O)c1ccccc12)=C(c1c(C)cc(C(C)(C)C)cc1C)c1oc2ccccc2c1-4. The van der Waals surface area contributed by atoms with Crippen molar-refractivity contribution in [3.63, 3.8) is 0 Å². The molecule has 0 amide bonds. The highest BCUT2D eigenvalue weighted by Gasteiger charge is 2.43. The number of benzene rings is 6. The van der Waals surface area contributed by atoms with E-state index >= 15 is 0 Å². The molecule has 278 valence electrons. The van der Waals surface area contributed by atoms with Crippen molar-refractivity contribution in [1.29, 1.82) is 0 Å². The quantitative estimate of drug-likeness (QED) is 0.177. The maximum Gasteiger partial charge on any atom is 0.208 e. The average molecular weight is 751 g/mol. The number of fused-ring (bicyclic) bond motifs is 10.